The highest BCUT2D eigenvalue weighted by Gasteiger charge is 2.17. The number of rotatable bonds is 8. The van der Waals surface area contributed by atoms with Gasteiger partial charge in [-0.1, -0.05) is 0 Å². The van der Waals surface area contributed by atoms with Crippen molar-refractivity contribution >= 4 is 28.7 Å². The average molecular weight is 439 g/mol. The van der Waals surface area contributed by atoms with Gasteiger partial charge in [-0.2, -0.15) is 0 Å². The molecule has 0 aliphatic rings. The van der Waals surface area contributed by atoms with Crippen LogP contribution in [0.3, 0.4) is 0 Å². The van der Waals surface area contributed by atoms with Crippen LogP contribution in [-0.4, -0.2) is 45.4 Å². The Morgan fingerprint density at radius 2 is 1.88 bits per heavy atom. The lowest BCUT2D eigenvalue weighted by molar-refractivity contribution is -0.128. The van der Waals surface area contributed by atoms with Gasteiger partial charge in [0, 0.05) is 36.8 Å². The average Bonchev–Trinajstić information content (AvgIpc) is 2.77. The molecule has 0 saturated heterocycles. The topological polar surface area (TPSA) is 164 Å². The molecule has 1 aromatic carbocycles. The molecule has 2 aromatic heterocycles. The predicted molar refractivity (Wildman–Crippen MR) is 113 cm³/mol. The molecule has 2 heterocycles. The number of amides is 3. The van der Waals surface area contributed by atoms with Gasteiger partial charge in [0.15, 0.2) is 0 Å². The molecule has 0 fully saturated rings. The van der Waals surface area contributed by atoms with Crippen LogP contribution < -0.4 is 21.6 Å². The zero-order valence-corrected chi connectivity index (χ0v) is 17.1. The molecule has 4 N–H and O–H groups in total. The van der Waals surface area contributed by atoms with Crippen LogP contribution in [0.1, 0.15) is 29.5 Å². The van der Waals surface area contributed by atoms with Gasteiger partial charge in [0.2, 0.25) is 11.8 Å². The van der Waals surface area contributed by atoms with Gasteiger partial charge in [-0.25, -0.2) is 14.8 Å². The first kappa shape index (κ1) is 22.4. The lowest BCUT2D eigenvalue weighted by Gasteiger charge is -2.14. The van der Waals surface area contributed by atoms with Gasteiger partial charge in [-0.05, 0) is 31.2 Å². The largest absolute Gasteiger partial charge is 0.508 e. The van der Waals surface area contributed by atoms with Crippen molar-refractivity contribution in [3.05, 3.63) is 64.5 Å². The maximum atomic E-state index is 12.3. The zero-order valence-electron chi connectivity index (χ0n) is 17.1. The van der Waals surface area contributed by atoms with Gasteiger partial charge in [0.25, 0.3) is 5.91 Å². The standard InChI is InChI=1S/C21H21N5O6/c1-12(19(29)25-11-17-22-6-2-7-23-17)26-18(28)5-8-24-20(30)15-9-13-3-4-14(27)10-16(13)32-21(15)31/h2-4,6-7,9-10,12,27H,5,8,11H2,1H3,(H,24,30)(H,25,29)(H,26,28). The molecular weight excluding hydrogens is 418 g/mol. The van der Waals surface area contributed by atoms with E-state index < -0.39 is 29.4 Å². The van der Waals surface area contributed by atoms with Crippen LogP contribution >= 0.6 is 0 Å². The summed E-state index contributed by atoms with van der Waals surface area (Å²) >= 11 is 0. The quantitative estimate of drug-likeness (QED) is 0.362. The first-order chi connectivity index (χ1) is 15.3. The zero-order chi connectivity index (χ0) is 23.1. The number of nitrogens with one attached hydrogen (secondary N) is 3. The number of nitrogens with zero attached hydrogens (tertiary/aromatic N) is 2. The van der Waals surface area contributed by atoms with E-state index in [1.165, 1.54) is 31.2 Å². The number of aromatic hydroxyl groups is 1. The Labute approximate surface area is 181 Å². The molecule has 3 aromatic rings. The summed E-state index contributed by atoms with van der Waals surface area (Å²) in [5.74, 6) is -1.19. The van der Waals surface area contributed by atoms with Gasteiger partial charge >= 0.3 is 5.63 Å². The van der Waals surface area contributed by atoms with Crippen LogP contribution in [0.2, 0.25) is 0 Å². The second kappa shape index (κ2) is 10.2. The molecule has 166 valence electrons. The number of carbonyl (C=O) groups excluding carboxylic acids is 3. The summed E-state index contributed by atoms with van der Waals surface area (Å²) in [5.41, 5.74) is -0.936. The van der Waals surface area contributed by atoms with Gasteiger partial charge in [-0.15, -0.1) is 0 Å². The number of fused-ring (bicyclic) bond motifs is 1. The molecule has 1 unspecified atom stereocenters. The van der Waals surface area contributed by atoms with Crippen molar-refractivity contribution in [2.45, 2.75) is 25.9 Å². The first-order valence-corrected chi connectivity index (χ1v) is 9.71. The second-order valence-corrected chi connectivity index (χ2v) is 6.85. The van der Waals surface area contributed by atoms with E-state index in [-0.39, 0.29) is 36.4 Å². The Bertz CT molecular complexity index is 1190. The normalized spacial score (nSPS) is 11.5. The van der Waals surface area contributed by atoms with E-state index in [9.17, 15) is 24.3 Å². The Kier molecular flexibility index (Phi) is 7.11. The summed E-state index contributed by atoms with van der Waals surface area (Å²) in [4.78, 5) is 56.4. The van der Waals surface area contributed by atoms with Crippen LogP contribution in [0.4, 0.5) is 0 Å². The summed E-state index contributed by atoms with van der Waals surface area (Å²) in [6, 6.07) is 6.38. The van der Waals surface area contributed by atoms with E-state index in [4.69, 9.17) is 4.42 Å². The van der Waals surface area contributed by atoms with Crippen molar-refractivity contribution in [3.8, 4) is 5.75 Å². The maximum Gasteiger partial charge on any atom is 0.349 e. The fourth-order valence-corrected chi connectivity index (χ4v) is 2.76. The molecule has 0 bridgehead atoms. The Morgan fingerprint density at radius 3 is 2.62 bits per heavy atom. The number of phenols is 1. The van der Waals surface area contributed by atoms with E-state index in [0.29, 0.717) is 11.2 Å². The molecule has 11 heteroatoms. The van der Waals surface area contributed by atoms with Crippen LogP contribution in [0.25, 0.3) is 11.0 Å². The van der Waals surface area contributed by atoms with Crippen LogP contribution in [0.15, 0.2) is 51.9 Å². The maximum absolute atomic E-state index is 12.3. The minimum Gasteiger partial charge on any atom is -0.508 e. The molecular formula is C21H21N5O6. The minimum absolute atomic E-state index is 0.0517. The lowest BCUT2D eigenvalue weighted by Crippen LogP contribution is -2.45. The van der Waals surface area contributed by atoms with Crippen LogP contribution in [0.5, 0.6) is 5.75 Å². The highest BCUT2D eigenvalue weighted by atomic mass is 16.4. The van der Waals surface area contributed by atoms with Crippen molar-refractivity contribution in [1.29, 1.82) is 0 Å². The number of carbonyl (C=O) groups is 3. The molecule has 11 nitrogen and oxygen atoms in total. The summed E-state index contributed by atoms with van der Waals surface area (Å²) in [6.07, 6.45) is 3.01. The monoisotopic (exact) mass is 439 g/mol. The van der Waals surface area contributed by atoms with E-state index in [0.717, 1.165) is 0 Å². The molecule has 3 amide bonds. The second-order valence-electron chi connectivity index (χ2n) is 6.85. The third kappa shape index (κ3) is 5.88. The molecule has 0 spiro atoms. The summed E-state index contributed by atoms with van der Waals surface area (Å²) in [6.45, 7) is 1.60. The van der Waals surface area contributed by atoms with Crippen molar-refractivity contribution in [2.75, 3.05) is 6.54 Å². The van der Waals surface area contributed by atoms with Gasteiger partial charge in [0.1, 0.15) is 28.8 Å². The molecule has 32 heavy (non-hydrogen) atoms. The number of hydrogen-bond acceptors (Lipinski definition) is 8. The van der Waals surface area contributed by atoms with Crippen LogP contribution in [0, 0.1) is 0 Å². The molecule has 0 aliphatic carbocycles. The smallest absolute Gasteiger partial charge is 0.349 e. The Morgan fingerprint density at radius 1 is 1.12 bits per heavy atom. The highest BCUT2D eigenvalue weighted by molar-refractivity contribution is 5.97. The third-order valence-electron chi connectivity index (χ3n) is 4.41. The summed E-state index contributed by atoms with van der Waals surface area (Å²) in [5, 5.41) is 17.5. The van der Waals surface area contributed by atoms with Crippen molar-refractivity contribution in [3.63, 3.8) is 0 Å². The lowest BCUT2D eigenvalue weighted by atomic mass is 10.1. The summed E-state index contributed by atoms with van der Waals surface area (Å²) < 4.78 is 5.05. The number of benzene rings is 1. The molecule has 0 saturated carbocycles. The molecule has 0 radical (unpaired) electrons. The number of aromatic nitrogens is 2. The minimum atomic E-state index is -0.863. The third-order valence-corrected chi connectivity index (χ3v) is 4.41. The number of hydrogen-bond donors (Lipinski definition) is 4. The number of phenolic OH excluding ortho intramolecular Hbond substituents is 1. The van der Waals surface area contributed by atoms with Gasteiger partial charge in [0.05, 0.1) is 6.54 Å². The SMILES string of the molecule is CC(NC(=O)CCNC(=O)c1cc2ccc(O)cc2oc1=O)C(=O)NCc1ncccn1. The van der Waals surface area contributed by atoms with Crippen molar-refractivity contribution < 1.29 is 23.9 Å². The fourth-order valence-electron chi connectivity index (χ4n) is 2.76. The predicted octanol–water partition coefficient (Wildman–Crippen LogP) is 0.230. The Balaban J connectivity index is 1.46. The van der Waals surface area contributed by atoms with E-state index in [1.807, 2.05) is 0 Å². The van der Waals surface area contributed by atoms with E-state index in [2.05, 4.69) is 25.9 Å². The Hall–Kier alpha value is -4.28. The van der Waals surface area contributed by atoms with Crippen molar-refractivity contribution in [1.82, 2.24) is 25.9 Å². The van der Waals surface area contributed by atoms with E-state index >= 15 is 0 Å². The van der Waals surface area contributed by atoms with Gasteiger partial charge < -0.3 is 25.5 Å². The van der Waals surface area contributed by atoms with Crippen molar-refractivity contribution in [2.24, 2.45) is 0 Å². The summed E-state index contributed by atoms with van der Waals surface area (Å²) in [7, 11) is 0. The van der Waals surface area contributed by atoms with E-state index in [1.54, 1.807) is 18.5 Å². The molecule has 1 atom stereocenters. The first-order valence-electron chi connectivity index (χ1n) is 9.71. The fraction of sp³-hybridized carbons (Fsp3) is 0.238. The van der Waals surface area contributed by atoms with Crippen LogP contribution in [-0.2, 0) is 16.1 Å². The molecule has 0 aliphatic heterocycles. The molecule has 3 rings (SSSR count). The van der Waals surface area contributed by atoms with Gasteiger partial charge in [-0.3, -0.25) is 14.4 Å². The highest BCUT2D eigenvalue weighted by Crippen LogP contribution is 2.19.